The Kier molecular flexibility index (Phi) is 4.79. The van der Waals surface area contributed by atoms with E-state index in [1.807, 2.05) is 0 Å². The van der Waals surface area contributed by atoms with Gasteiger partial charge < -0.3 is 40.9 Å². The fourth-order valence-electron chi connectivity index (χ4n) is 0.917. The van der Waals surface area contributed by atoms with Gasteiger partial charge in [0.15, 0.2) is 6.10 Å². The summed E-state index contributed by atoms with van der Waals surface area (Å²) in [4.78, 5) is 0. The molecule has 0 heterocycles. The van der Waals surface area contributed by atoms with Gasteiger partial charge in [-0.15, -0.1) is 0 Å². The molecule has 0 aromatic carbocycles. The largest absolute Gasteiger partial charge is 0.396 e. The van der Waals surface area contributed by atoms with E-state index in [0.717, 1.165) is 7.85 Å². The molecule has 0 saturated carbocycles. The van der Waals surface area contributed by atoms with Crippen LogP contribution in [0.3, 0.4) is 0 Å². The molecule has 0 radical (unpaired) electrons. The molecule has 8 N–H and O–H groups in total. The zero-order valence-electron chi connectivity index (χ0n) is 8.39. The third kappa shape index (κ3) is 2.67. The monoisotopic (exact) mass is 258 g/mol. The van der Waals surface area contributed by atoms with E-state index in [4.69, 9.17) is 25.5 Å². The number of aliphatic hydroxyl groups excluding tert-OH is 2. The van der Waals surface area contributed by atoms with E-state index in [-0.39, 0.29) is 0 Å². The van der Waals surface area contributed by atoms with Crippen LogP contribution < -0.4 is 0 Å². The van der Waals surface area contributed by atoms with Crippen LogP contribution in [0.25, 0.3) is 0 Å². The van der Waals surface area contributed by atoms with Crippen LogP contribution in [-0.4, -0.2) is 83.9 Å². The van der Waals surface area contributed by atoms with Gasteiger partial charge in [0.2, 0.25) is 11.6 Å². The molecule has 0 aliphatic carbocycles. The summed E-state index contributed by atoms with van der Waals surface area (Å²) in [6.07, 6.45) is -2.79. The van der Waals surface area contributed by atoms with E-state index in [2.05, 4.69) is 12.6 Å². The smallest absolute Gasteiger partial charge is 0.252 e. The molecule has 0 spiro atoms. The third-order valence-electron chi connectivity index (χ3n) is 2.18. The quantitative estimate of drug-likeness (QED) is 0.134. The van der Waals surface area contributed by atoms with Crippen molar-refractivity contribution in [2.75, 3.05) is 5.75 Å². The lowest BCUT2D eigenvalue weighted by Crippen LogP contribution is -2.72. The molecule has 96 valence electrons. The van der Waals surface area contributed by atoms with E-state index in [1.165, 1.54) is 0 Å². The van der Waals surface area contributed by atoms with Crippen molar-refractivity contribution in [2.45, 2.75) is 29.5 Å². The highest BCUT2D eigenvalue weighted by Crippen LogP contribution is 2.29. The fourth-order valence-corrected chi connectivity index (χ4v) is 1.09. The van der Waals surface area contributed by atoms with E-state index in [9.17, 15) is 15.3 Å². The molecule has 0 rings (SSSR count). The highest BCUT2D eigenvalue weighted by molar-refractivity contribution is 7.80. The minimum Gasteiger partial charge on any atom is -0.396 e. The Hall–Kier alpha value is 0.0949. The van der Waals surface area contributed by atoms with Gasteiger partial charge in [0.25, 0.3) is 5.79 Å². The first-order valence-electron chi connectivity index (χ1n) is 4.22. The van der Waals surface area contributed by atoms with Crippen LogP contribution in [0, 0.1) is 0 Å². The Morgan fingerprint density at radius 2 is 1.31 bits per heavy atom. The van der Waals surface area contributed by atoms with Crippen LogP contribution in [-0.2, 0) is 0 Å². The summed E-state index contributed by atoms with van der Waals surface area (Å²) in [5.74, 6) is -11.2. The van der Waals surface area contributed by atoms with Crippen LogP contribution in [0.2, 0.25) is 0 Å². The molecule has 0 aliphatic rings. The average molecular weight is 258 g/mol. The number of hydrogen-bond acceptors (Lipinski definition) is 9. The summed E-state index contributed by atoms with van der Waals surface area (Å²) >= 11 is 3.41. The second-order valence-electron chi connectivity index (χ2n) is 3.57. The summed E-state index contributed by atoms with van der Waals surface area (Å²) in [5, 5.41) is 73.0. The molecule has 0 bridgehead atoms. The van der Waals surface area contributed by atoms with Crippen LogP contribution in [0.4, 0.5) is 0 Å². The normalized spacial score (nSPS) is 18.3. The van der Waals surface area contributed by atoms with E-state index < -0.39 is 35.2 Å². The van der Waals surface area contributed by atoms with Gasteiger partial charge in [-0.1, -0.05) is 0 Å². The molecule has 10 heteroatoms. The van der Waals surface area contributed by atoms with Crippen molar-refractivity contribution in [3.63, 3.8) is 0 Å². The first kappa shape index (κ1) is 16.1. The molecule has 0 amide bonds. The molecule has 0 aliphatic heterocycles. The topological polar surface area (TPSA) is 162 Å². The lowest BCUT2D eigenvalue weighted by atomic mass is 9.82. The first-order chi connectivity index (χ1) is 6.91. The molecule has 2 unspecified atom stereocenters. The van der Waals surface area contributed by atoms with E-state index in [1.54, 1.807) is 0 Å². The Morgan fingerprint density at radius 3 is 1.56 bits per heavy atom. The molecular formula is C6H15BO8S. The van der Waals surface area contributed by atoms with Crippen LogP contribution in [0.1, 0.15) is 0 Å². The molecule has 16 heavy (non-hydrogen) atoms. The number of rotatable bonds is 5. The van der Waals surface area contributed by atoms with Crippen molar-refractivity contribution in [1.29, 1.82) is 0 Å². The zero-order valence-corrected chi connectivity index (χ0v) is 9.28. The standard InChI is InChI=1S/C6H15BO8S/c7-3(9)6(14,15)5(12,13)2(8)4(10,11)1-16/h2-3,8-16H,1,7H2. The maximum Gasteiger partial charge on any atom is 0.252 e. The van der Waals surface area contributed by atoms with Crippen molar-refractivity contribution >= 4 is 20.5 Å². The number of thiol groups is 1. The minimum atomic E-state index is -3.77. The van der Waals surface area contributed by atoms with Crippen molar-refractivity contribution in [3.8, 4) is 0 Å². The van der Waals surface area contributed by atoms with Crippen LogP contribution in [0.15, 0.2) is 0 Å². The Labute approximate surface area is 97.2 Å². The molecule has 0 saturated heterocycles. The summed E-state index contributed by atoms with van der Waals surface area (Å²) in [5.41, 5.74) is 0. The second-order valence-corrected chi connectivity index (χ2v) is 3.88. The lowest BCUT2D eigenvalue weighted by Gasteiger charge is -2.43. The minimum absolute atomic E-state index is 0.797. The Bertz CT molecular complexity index is 243. The molecule has 0 fully saturated rings. The van der Waals surface area contributed by atoms with Gasteiger partial charge in [-0.2, -0.15) is 12.6 Å². The number of aliphatic hydroxyl groups is 8. The highest BCUT2D eigenvalue weighted by Gasteiger charge is 2.60. The molecule has 0 aromatic rings. The third-order valence-corrected chi connectivity index (χ3v) is 2.64. The number of hydrogen-bond donors (Lipinski definition) is 9. The second kappa shape index (κ2) is 4.76. The summed E-state index contributed by atoms with van der Waals surface area (Å²) in [6, 6.07) is -2.08. The van der Waals surface area contributed by atoms with Gasteiger partial charge in [-0.05, 0) is 0 Å². The average Bonchev–Trinajstić information content (AvgIpc) is 2.15. The predicted molar refractivity (Wildman–Crippen MR) is 55.9 cm³/mol. The van der Waals surface area contributed by atoms with Crippen molar-refractivity contribution in [2.24, 2.45) is 0 Å². The van der Waals surface area contributed by atoms with Gasteiger partial charge in [-0.25, -0.2) is 0 Å². The van der Waals surface area contributed by atoms with Gasteiger partial charge in [0, 0.05) is 5.75 Å². The summed E-state index contributed by atoms with van der Waals surface area (Å²) in [6.45, 7) is 0. The highest BCUT2D eigenvalue weighted by atomic mass is 32.1. The Morgan fingerprint density at radius 1 is 0.938 bits per heavy atom. The van der Waals surface area contributed by atoms with Crippen LogP contribution in [0.5, 0.6) is 0 Å². The van der Waals surface area contributed by atoms with Crippen LogP contribution >= 0.6 is 12.6 Å². The van der Waals surface area contributed by atoms with Gasteiger partial charge in [0.1, 0.15) is 7.85 Å². The lowest BCUT2D eigenvalue weighted by molar-refractivity contribution is -0.425. The van der Waals surface area contributed by atoms with Crippen molar-refractivity contribution in [3.05, 3.63) is 0 Å². The molecule has 2 atom stereocenters. The maximum atomic E-state index is 9.24. The summed E-state index contributed by atoms with van der Waals surface area (Å²) < 4.78 is 0. The predicted octanol–water partition coefficient (Wildman–Crippen LogP) is -5.73. The molecule has 0 aromatic heterocycles. The van der Waals surface area contributed by atoms with E-state index >= 15 is 0 Å². The van der Waals surface area contributed by atoms with E-state index in [0.29, 0.717) is 0 Å². The van der Waals surface area contributed by atoms with Crippen molar-refractivity contribution < 1.29 is 40.9 Å². The molecule has 8 nitrogen and oxygen atoms in total. The Balaban J connectivity index is 5.21. The van der Waals surface area contributed by atoms with Gasteiger partial charge in [0.05, 0.1) is 6.00 Å². The fraction of sp³-hybridized carbons (Fsp3) is 1.00. The first-order valence-corrected chi connectivity index (χ1v) is 4.85. The summed E-state index contributed by atoms with van der Waals surface area (Å²) in [7, 11) is 0.797. The maximum absolute atomic E-state index is 9.24. The van der Waals surface area contributed by atoms with Gasteiger partial charge in [-0.3, -0.25) is 0 Å². The molecular weight excluding hydrogens is 243 g/mol. The van der Waals surface area contributed by atoms with Crippen molar-refractivity contribution in [1.82, 2.24) is 0 Å². The SMILES string of the molecule is BC(O)C(O)(O)C(O)(O)C(O)C(O)(O)CS. The zero-order chi connectivity index (χ0) is 13.4. The van der Waals surface area contributed by atoms with Gasteiger partial charge >= 0.3 is 0 Å².